The highest BCUT2D eigenvalue weighted by atomic mass is 19.1. The van der Waals surface area contributed by atoms with Gasteiger partial charge in [0.2, 0.25) is 5.95 Å². The van der Waals surface area contributed by atoms with Crippen LogP contribution in [0, 0.1) is 5.95 Å². The number of β-amino-alcohol motifs (C(OH)–C–C–N with tert-alkyl or cyclic N) is 1. The number of carbonyl (C=O) groups is 1. The van der Waals surface area contributed by atoms with Crippen LogP contribution in [-0.4, -0.2) is 40.1 Å². The summed E-state index contributed by atoms with van der Waals surface area (Å²) in [5.74, 6) is -0.985. The van der Waals surface area contributed by atoms with E-state index in [1.165, 1.54) is 23.1 Å². The highest BCUT2D eigenvalue weighted by molar-refractivity contribution is 5.92. The molecule has 1 fully saturated rings. The number of hydrogen-bond donors (Lipinski definition) is 1. The highest BCUT2D eigenvalue weighted by Gasteiger charge is 2.23. The number of aliphatic hydroxyl groups is 1. The topological polar surface area (TPSA) is 53.4 Å². The SMILES string of the molecule is O=C(c1cccc(F)n1)N1CCC[C@H](O)C1. The maximum absolute atomic E-state index is 12.8. The molecule has 1 amide bonds. The molecule has 1 N–H and O–H groups in total. The fourth-order valence-electron chi connectivity index (χ4n) is 1.83. The van der Waals surface area contributed by atoms with E-state index < -0.39 is 12.1 Å². The Bertz CT molecular complexity index is 397. The minimum absolute atomic E-state index is 0.0918. The molecule has 2 heterocycles. The third kappa shape index (κ3) is 2.36. The molecular formula is C11H13FN2O2. The number of hydrogen-bond acceptors (Lipinski definition) is 3. The van der Waals surface area contributed by atoms with Gasteiger partial charge in [-0.15, -0.1) is 0 Å². The van der Waals surface area contributed by atoms with E-state index in [2.05, 4.69) is 4.98 Å². The molecule has 0 radical (unpaired) electrons. The van der Waals surface area contributed by atoms with Crippen LogP contribution in [0.25, 0.3) is 0 Å². The van der Waals surface area contributed by atoms with Crippen molar-refractivity contribution in [1.82, 2.24) is 9.88 Å². The van der Waals surface area contributed by atoms with Gasteiger partial charge >= 0.3 is 0 Å². The van der Waals surface area contributed by atoms with Crippen molar-refractivity contribution >= 4 is 5.91 Å². The summed E-state index contributed by atoms with van der Waals surface area (Å²) in [6, 6.07) is 4.13. The molecule has 1 aromatic rings. The third-order valence-electron chi connectivity index (χ3n) is 2.62. The number of halogens is 1. The highest BCUT2D eigenvalue weighted by Crippen LogP contribution is 2.12. The average molecular weight is 224 g/mol. The second-order valence-electron chi connectivity index (χ2n) is 3.89. The van der Waals surface area contributed by atoms with Crippen molar-refractivity contribution in [3.05, 3.63) is 29.8 Å². The van der Waals surface area contributed by atoms with Gasteiger partial charge in [-0.1, -0.05) is 6.07 Å². The molecule has 0 aliphatic carbocycles. The molecule has 16 heavy (non-hydrogen) atoms. The van der Waals surface area contributed by atoms with Crippen LogP contribution in [0.2, 0.25) is 0 Å². The van der Waals surface area contributed by atoms with E-state index in [0.29, 0.717) is 19.5 Å². The third-order valence-corrected chi connectivity index (χ3v) is 2.62. The zero-order valence-electron chi connectivity index (χ0n) is 8.77. The van der Waals surface area contributed by atoms with E-state index in [0.717, 1.165) is 6.42 Å². The molecule has 1 aliphatic heterocycles. The van der Waals surface area contributed by atoms with Gasteiger partial charge in [-0.3, -0.25) is 4.79 Å². The van der Waals surface area contributed by atoms with Gasteiger partial charge in [0.15, 0.2) is 0 Å². The molecule has 1 atom stereocenters. The van der Waals surface area contributed by atoms with Crippen molar-refractivity contribution in [2.24, 2.45) is 0 Å². The predicted molar refractivity (Wildman–Crippen MR) is 55.3 cm³/mol. The summed E-state index contributed by atoms with van der Waals surface area (Å²) < 4.78 is 12.8. The van der Waals surface area contributed by atoms with Gasteiger partial charge in [0.05, 0.1) is 6.10 Å². The second kappa shape index (κ2) is 4.57. The standard InChI is InChI=1S/C11H13FN2O2/c12-10-5-1-4-9(13-10)11(16)14-6-2-3-8(15)7-14/h1,4-5,8,15H,2-3,6-7H2/t8-/m0/s1. The summed E-state index contributed by atoms with van der Waals surface area (Å²) in [5.41, 5.74) is 0.0918. The maximum atomic E-state index is 12.8. The molecule has 86 valence electrons. The molecule has 2 rings (SSSR count). The molecule has 1 aromatic heterocycles. The first-order chi connectivity index (χ1) is 7.66. The van der Waals surface area contributed by atoms with E-state index in [4.69, 9.17) is 0 Å². The summed E-state index contributed by atoms with van der Waals surface area (Å²) in [6.07, 6.45) is 0.994. The molecule has 1 aliphatic rings. The molecule has 0 aromatic carbocycles. The Kier molecular flexibility index (Phi) is 3.14. The van der Waals surface area contributed by atoms with Crippen molar-refractivity contribution in [2.75, 3.05) is 13.1 Å². The molecule has 0 saturated carbocycles. The molecule has 1 saturated heterocycles. The molecule has 5 heteroatoms. The number of aliphatic hydroxyl groups excluding tert-OH is 1. The first-order valence-corrected chi connectivity index (χ1v) is 5.27. The van der Waals surface area contributed by atoms with Crippen molar-refractivity contribution in [3.8, 4) is 0 Å². The summed E-state index contributed by atoms with van der Waals surface area (Å²) in [7, 11) is 0. The smallest absolute Gasteiger partial charge is 0.272 e. The Labute approximate surface area is 92.7 Å². The number of pyridine rings is 1. The molecule has 4 nitrogen and oxygen atoms in total. The van der Waals surface area contributed by atoms with Crippen molar-refractivity contribution in [3.63, 3.8) is 0 Å². The van der Waals surface area contributed by atoms with Gasteiger partial charge in [-0.25, -0.2) is 4.98 Å². The quantitative estimate of drug-likeness (QED) is 0.718. The van der Waals surface area contributed by atoms with Crippen molar-refractivity contribution in [1.29, 1.82) is 0 Å². The lowest BCUT2D eigenvalue weighted by molar-refractivity contribution is 0.0468. The van der Waals surface area contributed by atoms with E-state index in [1.54, 1.807) is 0 Å². The second-order valence-corrected chi connectivity index (χ2v) is 3.89. The van der Waals surface area contributed by atoms with Crippen LogP contribution in [0.3, 0.4) is 0 Å². The van der Waals surface area contributed by atoms with Crippen LogP contribution in [0.4, 0.5) is 4.39 Å². The van der Waals surface area contributed by atoms with Gasteiger partial charge in [0, 0.05) is 13.1 Å². The molecule has 0 spiro atoms. The number of aromatic nitrogens is 1. The number of rotatable bonds is 1. The monoisotopic (exact) mass is 224 g/mol. The van der Waals surface area contributed by atoms with Crippen LogP contribution in [0.5, 0.6) is 0 Å². The normalized spacial score (nSPS) is 20.9. The van der Waals surface area contributed by atoms with Crippen LogP contribution in [0.15, 0.2) is 18.2 Å². The van der Waals surface area contributed by atoms with Crippen LogP contribution >= 0.6 is 0 Å². The summed E-state index contributed by atoms with van der Waals surface area (Å²) in [6.45, 7) is 0.894. The van der Waals surface area contributed by atoms with Gasteiger partial charge in [-0.2, -0.15) is 4.39 Å². The minimum Gasteiger partial charge on any atom is -0.391 e. The zero-order valence-corrected chi connectivity index (χ0v) is 8.77. The molecule has 0 unspecified atom stereocenters. The Morgan fingerprint density at radius 3 is 3.06 bits per heavy atom. The van der Waals surface area contributed by atoms with Gasteiger partial charge in [0.1, 0.15) is 5.69 Å². The minimum atomic E-state index is -0.664. The van der Waals surface area contributed by atoms with Crippen molar-refractivity contribution < 1.29 is 14.3 Å². The lowest BCUT2D eigenvalue weighted by atomic mass is 10.1. The maximum Gasteiger partial charge on any atom is 0.272 e. The summed E-state index contributed by atoms with van der Waals surface area (Å²) in [5, 5.41) is 9.44. The Balaban J connectivity index is 2.12. The Morgan fingerprint density at radius 1 is 1.56 bits per heavy atom. The fourth-order valence-corrected chi connectivity index (χ4v) is 1.83. The average Bonchev–Trinajstić information content (AvgIpc) is 2.28. The molecular weight excluding hydrogens is 211 g/mol. The van der Waals surface area contributed by atoms with Gasteiger partial charge in [0.25, 0.3) is 5.91 Å². The van der Waals surface area contributed by atoms with Crippen LogP contribution in [-0.2, 0) is 0 Å². The van der Waals surface area contributed by atoms with E-state index in [-0.39, 0.29) is 11.6 Å². The Hall–Kier alpha value is -1.49. The van der Waals surface area contributed by atoms with E-state index >= 15 is 0 Å². The number of piperidine rings is 1. The summed E-state index contributed by atoms with van der Waals surface area (Å²) >= 11 is 0. The first-order valence-electron chi connectivity index (χ1n) is 5.27. The van der Waals surface area contributed by atoms with Gasteiger partial charge in [-0.05, 0) is 25.0 Å². The lowest BCUT2D eigenvalue weighted by Gasteiger charge is -2.29. The first kappa shape index (κ1) is 11.0. The number of nitrogens with zero attached hydrogens (tertiary/aromatic N) is 2. The predicted octanol–water partition coefficient (Wildman–Crippen LogP) is 0.818. The zero-order chi connectivity index (χ0) is 11.5. The number of likely N-dealkylation sites (tertiary alicyclic amines) is 1. The number of amides is 1. The van der Waals surface area contributed by atoms with Crippen molar-refractivity contribution in [2.45, 2.75) is 18.9 Å². The fraction of sp³-hybridized carbons (Fsp3) is 0.455. The Morgan fingerprint density at radius 2 is 2.38 bits per heavy atom. The van der Waals surface area contributed by atoms with Crippen LogP contribution < -0.4 is 0 Å². The lowest BCUT2D eigenvalue weighted by Crippen LogP contribution is -2.42. The van der Waals surface area contributed by atoms with Gasteiger partial charge < -0.3 is 10.0 Å². The van der Waals surface area contributed by atoms with Crippen LogP contribution in [0.1, 0.15) is 23.3 Å². The number of carbonyl (C=O) groups excluding carboxylic acids is 1. The van der Waals surface area contributed by atoms with E-state index in [1.807, 2.05) is 0 Å². The largest absolute Gasteiger partial charge is 0.391 e. The van der Waals surface area contributed by atoms with E-state index in [9.17, 15) is 14.3 Å². The molecule has 0 bridgehead atoms. The summed E-state index contributed by atoms with van der Waals surface area (Å²) in [4.78, 5) is 16.9.